The third-order valence-corrected chi connectivity index (χ3v) is 5.49. The van der Waals surface area contributed by atoms with Gasteiger partial charge in [-0.25, -0.2) is 9.29 Å². The molecular weight excluding hydrogens is 397 g/mol. The predicted octanol–water partition coefficient (Wildman–Crippen LogP) is 3.41. The molecule has 1 atom stereocenters. The van der Waals surface area contributed by atoms with Crippen molar-refractivity contribution in [3.8, 4) is 11.5 Å². The van der Waals surface area contributed by atoms with E-state index in [4.69, 9.17) is 9.47 Å². The van der Waals surface area contributed by atoms with E-state index in [0.717, 1.165) is 22.3 Å². The molecule has 0 bridgehead atoms. The minimum atomic E-state index is -0.686. The van der Waals surface area contributed by atoms with Gasteiger partial charge in [0, 0.05) is 24.7 Å². The number of imide groups is 1. The maximum Gasteiger partial charge on any atom is 0.247 e. The molecule has 7 nitrogen and oxygen atoms in total. The zero-order valence-electron chi connectivity index (χ0n) is 15.6. The van der Waals surface area contributed by atoms with Gasteiger partial charge in [0.1, 0.15) is 11.1 Å². The summed E-state index contributed by atoms with van der Waals surface area (Å²) in [5, 5.41) is 2.97. The van der Waals surface area contributed by atoms with Crippen LogP contribution in [0.5, 0.6) is 11.5 Å². The summed E-state index contributed by atoms with van der Waals surface area (Å²) in [4.78, 5) is 30.5. The highest BCUT2D eigenvalue weighted by Gasteiger charge is 2.41. The molecule has 2 aliphatic rings. The van der Waals surface area contributed by atoms with Crippen molar-refractivity contribution >= 4 is 40.1 Å². The molecule has 1 fully saturated rings. The van der Waals surface area contributed by atoms with Crippen LogP contribution in [0.25, 0.3) is 0 Å². The van der Waals surface area contributed by atoms with Crippen molar-refractivity contribution in [3.63, 3.8) is 0 Å². The van der Waals surface area contributed by atoms with Crippen LogP contribution in [0.2, 0.25) is 0 Å². The number of para-hydroxylation sites is 1. The zero-order chi connectivity index (χ0) is 20.4. The summed E-state index contributed by atoms with van der Waals surface area (Å²) in [6, 6.07) is 11.1. The molecule has 1 N–H and O–H groups in total. The van der Waals surface area contributed by atoms with E-state index in [1.54, 1.807) is 18.2 Å². The van der Waals surface area contributed by atoms with Gasteiger partial charge in [-0.2, -0.15) is 0 Å². The lowest BCUT2D eigenvalue weighted by atomic mass is 10.3. The van der Waals surface area contributed by atoms with Crippen molar-refractivity contribution in [1.82, 2.24) is 0 Å². The molecule has 9 heteroatoms. The Kier molecular flexibility index (Phi) is 5.39. The number of amidine groups is 1. The van der Waals surface area contributed by atoms with Crippen LogP contribution >= 0.6 is 11.8 Å². The van der Waals surface area contributed by atoms with Crippen LogP contribution in [0.4, 0.5) is 15.8 Å². The van der Waals surface area contributed by atoms with Gasteiger partial charge in [0.2, 0.25) is 18.6 Å². The van der Waals surface area contributed by atoms with Crippen molar-refractivity contribution in [2.75, 3.05) is 23.6 Å². The summed E-state index contributed by atoms with van der Waals surface area (Å²) in [5.41, 5.74) is 0.694. The Labute approximate surface area is 170 Å². The van der Waals surface area contributed by atoms with E-state index in [2.05, 4.69) is 10.3 Å². The summed E-state index contributed by atoms with van der Waals surface area (Å²) in [5.74, 6) is -0.221. The number of aliphatic imine (C=N–C) groups is 1. The molecule has 0 aromatic heterocycles. The van der Waals surface area contributed by atoms with Gasteiger partial charge in [-0.3, -0.25) is 14.6 Å². The molecule has 0 spiro atoms. The molecule has 150 valence electrons. The van der Waals surface area contributed by atoms with E-state index in [-0.39, 0.29) is 18.9 Å². The van der Waals surface area contributed by atoms with Gasteiger partial charge in [-0.05, 0) is 31.2 Å². The Bertz CT molecular complexity index is 997. The number of amides is 2. The molecular formula is C20H18FN3O4S. The molecule has 0 unspecified atom stereocenters. The normalized spacial score (nSPS) is 18.5. The fourth-order valence-corrected chi connectivity index (χ4v) is 4.15. The molecule has 0 radical (unpaired) electrons. The summed E-state index contributed by atoms with van der Waals surface area (Å²) in [6.45, 7) is 2.54. The number of hydrogen-bond acceptors (Lipinski definition) is 6. The Morgan fingerprint density at radius 3 is 2.83 bits per heavy atom. The van der Waals surface area contributed by atoms with Gasteiger partial charge in [0.15, 0.2) is 16.7 Å². The topological polar surface area (TPSA) is 80.2 Å². The average Bonchev–Trinajstić information content (AvgIpc) is 3.27. The lowest BCUT2D eigenvalue weighted by Gasteiger charge is -2.16. The number of nitrogens with zero attached hydrogens (tertiary/aromatic N) is 2. The first-order valence-electron chi connectivity index (χ1n) is 9.06. The molecule has 2 amide bonds. The maximum absolute atomic E-state index is 14.1. The second kappa shape index (κ2) is 8.12. The maximum atomic E-state index is 14.1. The van der Waals surface area contributed by atoms with Gasteiger partial charge >= 0.3 is 0 Å². The Morgan fingerprint density at radius 1 is 1.24 bits per heavy atom. The molecule has 0 aliphatic carbocycles. The number of rotatable bonds is 4. The number of halogens is 1. The first-order chi connectivity index (χ1) is 14.1. The van der Waals surface area contributed by atoms with E-state index in [1.165, 1.54) is 18.2 Å². The smallest absolute Gasteiger partial charge is 0.247 e. The van der Waals surface area contributed by atoms with E-state index in [0.29, 0.717) is 23.2 Å². The zero-order valence-corrected chi connectivity index (χ0v) is 16.4. The first-order valence-corrected chi connectivity index (χ1v) is 9.94. The molecule has 2 aliphatic heterocycles. The molecule has 2 heterocycles. The van der Waals surface area contributed by atoms with E-state index >= 15 is 0 Å². The van der Waals surface area contributed by atoms with Gasteiger partial charge < -0.3 is 14.8 Å². The number of anilines is 2. The number of carbonyl (C=O) groups is 2. The fraction of sp³-hybridized carbons (Fsp3) is 0.250. The van der Waals surface area contributed by atoms with Crippen LogP contribution < -0.4 is 19.7 Å². The summed E-state index contributed by atoms with van der Waals surface area (Å²) in [6.07, 6.45) is -0.0244. The van der Waals surface area contributed by atoms with E-state index in [9.17, 15) is 14.0 Å². The van der Waals surface area contributed by atoms with Crippen LogP contribution in [0.1, 0.15) is 13.3 Å². The van der Waals surface area contributed by atoms with Crippen LogP contribution in [0.15, 0.2) is 47.5 Å². The molecule has 1 saturated heterocycles. The van der Waals surface area contributed by atoms with E-state index in [1.807, 2.05) is 13.0 Å². The van der Waals surface area contributed by atoms with Crippen molar-refractivity contribution in [3.05, 3.63) is 48.3 Å². The summed E-state index contributed by atoms with van der Waals surface area (Å²) >= 11 is 1.15. The third kappa shape index (κ3) is 3.91. The number of hydrogen-bond donors (Lipinski definition) is 1. The van der Waals surface area contributed by atoms with Crippen molar-refractivity contribution in [1.29, 1.82) is 0 Å². The van der Waals surface area contributed by atoms with Gasteiger partial charge in [-0.15, -0.1) is 0 Å². The van der Waals surface area contributed by atoms with Crippen LogP contribution in [-0.4, -0.2) is 35.6 Å². The van der Waals surface area contributed by atoms with Crippen molar-refractivity contribution in [2.24, 2.45) is 4.99 Å². The highest BCUT2D eigenvalue weighted by molar-refractivity contribution is 8.15. The highest BCUT2D eigenvalue weighted by atomic mass is 32.2. The third-order valence-electron chi connectivity index (χ3n) is 4.38. The number of carbonyl (C=O) groups excluding carboxylic acids is 2. The Hall–Kier alpha value is -3.07. The van der Waals surface area contributed by atoms with Crippen LogP contribution in [0, 0.1) is 5.82 Å². The standard InChI is InChI=1S/C20H18FN3O4S/c1-2-22-20(23-12-7-8-15-16(9-12)28-11-27-15)29-17-10-18(25)24(19(17)26)14-6-4-3-5-13(14)21/h3-9,17H,2,10-11H2,1H3,(H,22,23)/t17-/m1/s1. The number of ether oxygens (including phenoxy) is 2. The molecule has 0 saturated carbocycles. The molecule has 29 heavy (non-hydrogen) atoms. The second-order valence-corrected chi connectivity index (χ2v) is 7.49. The lowest BCUT2D eigenvalue weighted by Crippen LogP contribution is -2.32. The summed E-state index contributed by atoms with van der Waals surface area (Å²) < 4.78 is 24.8. The van der Waals surface area contributed by atoms with Gasteiger partial charge in [0.05, 0.1) is 5.69 Å². The fourth-order valence-electron chi connectivity index (χ4n) is 3.06. The van der Waals surface area contributed by atoms with E-state index < -0.39 is 22.9 Å². The largest absolute Gasteiger partial charge is 0.454 e. The lowest BCUT2D eigenvalue weighted by molar-refractivity contribution is -0.121. The van der Waals surface area contributed by atoms with Gasteiger partial charge in [-0.1, -0.05) is 23.9 Å². The number of thioether (sulfide) groups is 1. The minimum Gasteiger partial charge on any atom is -0.454 e. The Balaban J connectivity index is 1.50. The highest BCUT2D eigenvalue weighted by Crippen LogP contribution is 2.35. The number of benzene rings is 2. The number of fused-ring (bicyclic) bond motifs is 1. The first kappa shape index (κ1) is 19.3. The van der Waals surface area contributed by atoms with Crippen molar-refractivity contribution in [2.45, 2.75) is 18.6 Å². The quantitative estimate of drug-likeness (QED) is 0.468. The average molecular weight is 415 g/mol. The van der Waals surface area contributed by atoms with Crippen LogP contribution in [0.3, 0.4) is 0 Å². The molecule has 2 aromatic carbocycles. The van der Waals surface area contributed by atoms with Crippen molar-refractivity contribution < 1.29 is 23.5 Å². The number of nitrogens with one attached hydrogen (secondary N) is 1. The summed E-state index contributed by atoms with van der Waals surface area (Å²) in [7, 11) is 0. The predicted molar refractivity (Wildman–Crippen MR) is 109 cm³/mol. The minimum absolute atomic E-state index is 0.0244. The Morgan fingerprint density at radius 2 is 2.03 bits per heavy atom. The molecule has 4 rings (SSSR count). The SMILES string of the molecule is CCN=C(Nc1ccc2c(c1)OCO2)S[C@@H]1CC(=O)N(c2ccccc2F)C1=O. The van der Waals surface area contributed by atoms with Crippen LogP contribution in [-0.2, 0) is 9.59 Å². The second-order valence-electron chi connectivity index (χ2n) is 6.30. The van der Waals surface area contributed by atoms with Gasteiger partial charge in [0.25, 0.3) is 0 Å². The monoisotopic (exact) mass is 415 g/mol. The molecule has 2 aromatic rings.